The highest BCUT2D eigenvalue weighted by Gasteiger charge is 2.19. The third-order valence-corrected chi connectivity index (χ3v) is 6.12. The van der Waals surface area contributed by atoms with E-state index in [1.807, 2.05) is 25.1 Å². The van der Waals surface area contributed by atoms with Crippen molar-refractivity contribution in [1.29, 1.82) is 0 Å². The van der Waals surface area contributed by atoms with Crippen LogP contribution in [0.2, 0.25) is 5.02 Å². The molecule has 3 aromatic rings. The fraction of sp³-hybridized carbons (Fsp3) is 0.261. The third kappa shape index (κ3) is 4.30. The molecule has 1 aliphatic heterocycles. The molecule has 0 unspecified atom stereocenters. The number of benzene rings is 3. The Hall–Kier alpha value is -2.14. The van der Waals surface area contributed by atoms with E-state index in [-0.39, 0.29) is 0 Å². The molecule has 28 heavy (non-hydrogen) atoms. The fourth-order valence-corrected chi connectivity index (χ4v) is 4.13. The van der Waals surface area contributed by atoms with Crippen LogP contribution in [0.3, 0.4) is 0 Å². The zero-order valence-electron chi connectivity index (χ0n) is 16.0. The Kier molecular flexibility index (Phi) is 5.81. The number of halogens is 1. The monoisotopic (exact) mass is 409 g/mol. The molecule has 1 saturated heterocycles. The number of aryl methyl sites for hydroxylation is 1. The van der Waals surface area contributed by atoms with Crippen LogP contribution in [0.15, 0.2) is 60.7 Å². The predicted molar refractivity (Wildman–Crippen MR) is 123 cm³/mol. The maximum absolute atomic E-state index is 6.22. The fourth-order valence-electron chi connectivity index (χ4n) is 3.65. The van der Waals surface area contributed by atoms with Gasteiger partial charge in [0, 0.05) is 43.4 Å². The van der Waals surface area contributed by atoms with Crippen molar-refractivity contribution in [1.82, 2.24) is 9.80 Å². The van der Waals surface area contributed by atoms with Crippen molar-refractivity contribution in [2.45, 2.75) is 13.5 Å². The first-order valence-corrected chi connectivity index (χ1v) is 10.4. The lowest BCUT2D eigenvalue weighted by Crippen LogP contribution is -2.49. The predicted octanol–water partition coefficient (Wildman–Crippen LogP) is 5.32. The summed E-state index contributed by atoms with van der Waals surface area (Å²) in [6.45, 7) is 6.83. The van der Waals surface area contributed by atoms with Crippen LogP contribution in [0, 0.1) is 6.92 Å². The standard InChI is InChI=1S/C23H24ClN3S/c1-17-9-10-20(15-22(17)24)25-23(28)27-13-11-26(12-14-27)16-19-7-4-6-18-5-2-3-8-21(18)19/h2-10,15H,11-14,16H2,1H3,(H,25,28). The molecule has 0 radical (unpaired) electrons. The van der Waals surface area contributed by atoms with Gasteiger partial charge in [-0.05, 0) is 53.2 Å². The summed E-state index contributed by atoms with van der Waals surface area (Å²) < 4.78 is 0. The maximum atomic E-state index is 6.22. The first-order chi connectivity index (χ1) is 13.6. The van der Waals surface area contributed by atoms with E-state index in [4.69, 9.17) is 23.8 Å². The van der Waals surface area contributed by atoms with Gasteiger partial charge in [-0.1, -0.05) is 60.1 Å². The molecule has 1 aliphatic rings. The van der Waals surface area contributed by atoms with Crippen LogP contribution in [0.25, 0.3) is 10.8 Å². The smallest absolute Gasteiger partial charge is 0.173 e. The van der Waals surface area contributed by atoms with Gasteiger partial charge >= 0.3 is 0 Å². The van der Waals surface area contributed by atoms with E-state index in [9.17, 15) is 0 Å². The first kappa shape index (κ1) is 19.2. The van der Waals surface area contributed by atoms with E-state index in [1.54, 1.807) is 0 Å². The van der Waals surface area contributed by atoms with Gasteiger partial charge in [0.1, 0.15) is 0 Å². The van der Waals surface area contributed by atoms with Gasteiger partial charge in [-0.15, -0.1) is 0 Å². The van der Waals surface area contributed by atoms with Gasteiger partial charge in [0.05, 0.1) is 0 Å². The van der Waals surface area contributed by atoms with Crippen molar-refractivity contribution in [2.75, 3.05) is 31.5 Å². The lowest BCUT2D eigenvalue weighted by molar-refractivity contribution is 0.177. The van der Waals surface area contributed by atoms with Gasteiger partial charge in [-0.2, -0.15) is 0 Å². The summed E-state index contributed by atoms with van der Waals surface area (Å²) >= 11 is 11.8. The highest BCUT2D eigenvalue weighted by Crippen LogP contribution is 2.22. The molecule has 0 aliphatic carbocycles. The van der Waals surface area contributed by atoms with E-state index in [1.165, 1.54) is 16.3 Å². The number of hydrogen-bond donors (Lipinski definition) is 1. The largest absolute Gasteiger partial charge is 0.346 e. The molecular formula is C23H24ClN3S. The molecule has 3 nitrogen and oxygen atoms in total. The number of thiocarbonyl (C=S) groups is 1. The van der Waals surface area contributed by atoms with Crippen molar-refractivity contribution >= 4 is 45.4 Å². The average molecular weight is 410 g/mol. The average Bonchev–Trinajstić information content (AvgIpc) is 2.71. The summed E-state index contributed by atoms with van der Waals surface area (Å²) in [4.78, 5) is 4.74. The number of rotatable bonds is 3. The van der Waals surface area contributed by atoms with Gasteiger partial charge in [0.25, 0.3) is 0 Å². The van der Waals surface area contributed by atoms with Crippen LogP contribution in [0.5, 0.6) is 0 Å². The first-order valence-electron chi connectivity index (χ1n) is 9.61. The summed E-state index contributed by atoms with van der Waals surface area (Å²) in [7, 11) is 0. The minimum atomic E-state index is 0.757. The second-order valence-electron chi connectivity index (χ2n) is 7.30. The molecule has 0 amide bonds. The number of piperazine rings is 1. The second kappa shape index (κ2) is 8.48. The topological polar surface area (TPSA) is 18.5 Å². The Balaban J connectivity index is 1.35. The quantitative estimate of drug-likeness (QED) is 0.590. The van der Waals surface area contributed by atoms with Gasteiger partial charge < -0.3 is 10.2 Å². The molecule has 0 aromatic heterocycles. The third-order valence-electron chi connectivity index (χ3n) is 5.36. The number of nitrogens with one attached hydrogen (secondary N) is 1. The minimum absolute atomic E-state index is 0.757. The van der Waals surface area contributed by atoms with Gasteiger partial charge in [0.2, 0.25) is 0 Å². The van der Waals surface area contributed by atoms with Crippen LogP contribution in [-0.2, 0) is 6.54 Å². The Labute approximate surface area is 176 Å². The molecule has 1 N–H and O–H groups in total. The van der Waals surface area contributed by atoms with Crippen LogP contribution >= 0.6 is 23.8 Å². The van der Waals surface area contributed by atoms with Crippen molar-refractivity contribution in [2.24, 2.45) is 0 Å². The molecule has 0 atom stereocenters. The summed E-state index contributed by atoms with van der Waals surface area (Å²) in [6, 6.07) is 21.1. The van der Waals surface area contributed by atoms with Crippen molar-refractivity contribution in [3.63, 3.8) is 0 Å². The Morgan fingerprint density at radius 3 is 2.54 bits per heavy atom. The highest BCUT2D eigenvalue weighted by atomic mass is 35.5. The SMILES string of the molecule is Cc1ccc(NC(=S)N2CCN(Cc3cccc4ccccc34)CC2)cc1Cl. The number of nitrogens with zero attached hydrogens (tertiary/aromatic N) is 2. The zero-order valence-corrected chi connectivity index (χ0v) is 17.6. The highest BCUT2D eigenvalue weighted by molar-refractivity contribution is 7.80. The van der Waals surface area contributed by atoms with Crippen LogP contribution in [-0.4, -0.2) is 41.1 Å². The zero-order chi connectivity index (χ0) is 19.5. The number of anilines is 1. The van der Waals surface area contributed by atoms with Gasteiger partial charge in [-0.25, -0.2) is 0 Å². The van der Waals surface area contributed by atoms with Crippen LogP contribution in [0.1, 0.15) is 11.1 Å². The Morgan fingerprint density at radius 2 is 1.75 bits per heavy atom. The molecule has 0 bridgehead atoms. The molecule has 0 saturated carbocycles. The normalized spacial score (nSPS) is 15.0. The van der Waals surface area contributed by atoms with E-state index in [0.717, 1.165) is 54.1 Å². The van der Waals surface area contributed by atoms with E-state index < -0.39 is 0 Å². The van der Waals surface area contributed by atoms with Crippen molar-refractivity contribution in [3.8, 4) is 0 Å². The van der Waals surface area contributed by atoms with Gasteiger partial charge in [0.15, 0.2) is 5.11 Å². The Morgan fingerprint density at radius 1 is 1.00 bits per heavy atom. The van der Waals surface area contributed by atoms with E-state index in [0.29, 0.717) is 0 Å². The molecule has 5 heteroatoms. The van der Waals surface area contributed by atoms with E-state index >= 15 is 0 Å². The second-order valence-corrected chi connectivity index (χ2v) is 8.09. The Bertz CT molecular complexity index is 991. The van der Waals surface area contributed by atoms with Crippen LogP contribution in [0.4, 0.5) is 5.69 Å². The maximum Gasteiger partial charge on any atom is 0.173 e. The molecule has 1 fully saturated rings. The molecule has 4 rings (SSSR count). The summed E-state index contributed by atoms with van der Waals surface area (Å²) in [5.41, 5.74) is 3.40. The summed E-state index contributed by atoms with van der Waals surface area (Å²) in [6.07, 6.45) is 0. The lowest BCUT2D eigenvalue weighted by Gasteiger charge is -2.36. The van der Waals surface area contributed by atoms with E-state index in [2.05, 4.69) is 57.6 Å². The number of fused-ring (bicyclic) bond motifs is 1. The molecule has 1 heterocycles. The molecule has 3 aromatic carbocycles. The van der Waals surface area contributed by atoms with Crippen molar-refractivity contribution in [3.05, 3.63) is 76.8 Å². The van der Waals surface area contributed by atoms with Crippen LogP contribution < -0.4 is 5.32 Å². The minimum Gasteiger partial charge on any atom is -0.346 e. The number of hydrogen-bond acceptors (Lipinski definition) is 2. The lowest BCUT2D eigenvalue weighted by atomic mass is 10.0. The molecule has 0 spiro atoms. The molecule has 144 valence electrons. The van der Waals surface area contributed by atoms with Crippen molar-refractivity contribution < 1.29 is 0 Å². The molecular weight excluding hydrogens is 386 g/mol. The van der Waals surface area contributed by atoms with Gasteiger partial charge in [-0.3, -0.25) is 4.90 Å². The summed E-state index contributed by atoms with van der Waals surface area (Å²) in [5.74, 6) is 0. The summed E-state index contributed by atoms with van der Waals surface area (Å²) in [5, 5.41) is 7.50.